The number of carbonyl (C=O) groups excluding carboxylic acids is 2. The molecule has 31 heavy (non-hydrogen) atoms. The van der Waals surface area contributed by atoms with Crippen molar-refractivity contribution in [2.24, 2.45) is 5.92 Å². The lowest BCUT2D eigenvalue weighted by atomic mass is 10.1. The molecule has 3 aromatic rings. The Morgan fingerprint density at radius 3 is 2.58 bits per heavy atom. The van der Waals surface area contributed by atoms with Gasteiger partial charge in [0, 0.05) is 19.5 Å². The zero-order valence-corrected chi connectivity index (χ0v) is 17.8. The third-order valence-corrected chi connectivity index (χ3v) is 5.83. The molecule has 1 saturated heterocycles. The summed E-state index contributed by atoms with van der Waals surface area (Å²) in [6.45, 7) is 3.13. The van der Waals surface area contributed by atoms with E-state index >= 15 is 0 Å². The maximum Gasteiger partial charge on any atom is 0.226 e. The van der Waals surface area contributed by atoms with Crippen molar-refractivity contribution < 1.29 is 9.59 Å². The highest BCUT2D eigenvalue weighted by atomic mass is 16.2. The van der Waals surface area contributed by atoms with Gasteiger partial charge in [0.2, 0.25) is 11.8 Å². The summed E-state index contributed by atoms with van der Waals surface area (Å²) in [5.41, 5.74) is 3.17. The summed E-state index contributed by atoms with van der Waals surface area (Å²) in [6, 6.07) is 19.9. The topological polar surface area (TPSA) is 78.1 Å². The maximum absolute atomic E-state index is 12.9. The Kier molecular flexibility index (Phi) is 6.46. The van der Waals surface area contributed by atoms with Crippen LogP contribution in [0.5, 0.6) is 0 Å². The van der Waals surface area contributed by atoms with E-state index in [-0.39, 0.29) is 30.2 Å². The largest absolute Gasteiger partial charge is 0.346 e. The fraction of sp³-hybridized carbons (Fsp3) is 0.320. The van der Waals surface area contributed by atoms with E-state index < -0.39 is 0 Å². The summed E-state index contributed by atoms with van der Waals surface area (Å²) in [6.07, 6.45) is 3.58. The van der Waals surface area contributed by atoms with E-state index in [1.807, 2.05) is 55.5 Å². The Balaban J connectivity index is 1.35. The van der Waals surface area contributed by atoms with E-state index in [0.717, 1.165) is 23.5 Å². The number of rotatable bonds is 8. The third-order valence-electron chi connectivity index (χ3n) is 5.83. The maximum atomic E-state index is 12.9. The first kappa shape index (κ1) is 20.8. The van der Waals surface area contributed by atoms with Crippen LogP contribution in [0.4, 0.5) is 0 Å². The SMILES string of the molecule is CCC(NC(=O)C1CC(=O)N(CCc2ccccc2)C1)c1ncc(-c2ccccc2)[nH]1. The summed E-state index contributed by atoms with van der Waals surface area (Å²) in [5, 5.41) is 3.09. The highest BCUT2D eigenvalue weighted by Crippen LogP contribution is 2.23. The van der Waals surface area contributed by atoms with E-state index in [1.165, 1.54) is 5.56 Å². The highest BCUT2D eigenvalue weighted by molar-refractivity contribution is 5.89. The van der Waals surface area contributed by atoms with Crippen LogP contribution in [0.15, 0.2) is 66.9 Å². The second kappa shape index (κ2) is 9.60. The number of nitrogens with one attached hydrogen (secondary N) is 2. The van der Waals surface area contributed by atoms with Crippen LogP contribution in [0, 0.1) is 5.92 Å². The minimum absolute atomic E-state index is 0.0495. The summed E-state index contributed by atoms with van der Waals surface area (Å²) >= 11 is 0. The number of benzene rings is 2. The van der Waals surface area contributed by atoms with Gasteiger partial charge in [-0.25, -0.2) is 4.98 Å². The van der Waals surface area contributed by atoms with E-state index in [0.29, 0.717) is 19.5 Å². The van der Waals surface area contributed by atoms with Gasteiger partial charge in [-0.2, -0.15) is 0 Å². The van der Waals surface area contributed by atoms with Gasteiger partial charge in [0.15, 0.2) is 0 Å². The molecule has 1 aliphatic rings. The second-order valence-electron chi connectivity index (χ2n) is 7.99. The van der Waals surface area contributed by atoms with Gasteiger partial charge in [-0.05, 0) is 24.0 Å². The molecule has 0 radical (unpaired) electrons. The molecule has 2 aromatic carbocycles. The van der Waals surface area contributed by atoms with Gasteiger partial charge in [0.1, 0.15) is 5.82 Å². The number of nitrogens with zero attached hydrogens (tertiary/aromatic N) is 2. The van der Waals surface area contributed by atoms with Crippen molar-refractivity contribution >= 4 is 11.8 Å². The van der Waals surface area contributed by atoms with Crippen LogP contribution in [0.3, 0.4) is 0 Å². The normalized spacial score (nSPS) is 17.0. The first-order valence-electron chi connectivity index (χ1n) is 10.9. The van der Waals surface area contributed by atoms with Crippen LogP contribution in [0.2, 0.25) is 0 Å². The average molecular weight is 417 g/mol. The number of H-pyrrole nitrogens is 1. The number of likely N-dealkylation sites (tertiary alicyclic amines) is 1. The molecule has 2 N–H and O–H groups in total. The highest BCUT2D eigenvalue weighted by Gasteiger charge is 2.35. The van der Waals surface area contributed by atoms with E-state index in [9.17, 15) is 9.59 Å². The number of aromatic amines is 1. The molecular formula is C25H28N4O2. The van der Waals surface area contributed by atoms with E-state index in [4.69, 9.17) is 0 Å². The fourth-order valence-corrected chi connectivity index (χ4v) is 4.00. The first-order valence-corrected chi connectivity index (χ1v) is 10.9. The van der Waals surface area contributed by atoms with Gasteiger partial charge in [-0.1, -0.05) is 67.6 Å². The summed E-state index contributed by atoms with van der Waals surface area (Å²) in [4.78, 5) is 34.9. The predicted octanol–water partition coefficient (Wildman–Crippen LogP) is 3.74. The van der Waals surface area contributed by atoms with Gasteiger partial charge >= 0.3 is 0 Å². The zero-order valence-electron chi connectivity index (χ0n) is 17.8. The Labute approximate surface area is 182 Å². The molecule has 0 spiro atoms. The van der Waals surface area contributed by atoms with Crippen molar-refractivity contribution in [3.63, 3.8) is 0 Å². The molecule has 2 heterocycles. The molecule has 0 saturated carbocycles. The molecule has 160 valence electrons. The van der Waals surface area contributed by atoms with Crippen LogP contribution in [-0.4, -0.2) is 39.8 Å². The monoisotopic (exact) mass is 416 g/mol. The minimum Gasteiger partial charge on any atom is -0.346 e. The molecule has 6 heteroatoms. The Morgan fingerprint density at radius 1 is 1.16 bits per heavy atom. The van der Waals surface area contributed by atoms with Crippen molar-refractivity contribution in [2.75, 3.05) is 13.1 Å². The van der Waals surface area contributed by atoms with Gasteiger partial charge < -0.3 is 15.2 Å². The summed E-state index contributed by atoms with van der Waals surface area (Å²) in [5.74, 6) is 0.384. The lowest BCUT2D eigenvalue weighted by Crippen LogP contribution is -2.36. The average Bonchev–Trinajstić information content (AvgIpc) is 3.44. The Bertz CT molecular complexity index is 1020. The van der Waals surface area contributed by atoms with Crippen molar-refractivity contribution in [1.82, 2.24) is 20.2 Å². The van der Waals surface area contributed by atoms with Gasteiger partial charge in [-0.3, -0.25) is 9.59 Å². The smallest absolute Gasteiger partial charge is 0.226 e. The molecule has 4 rings (SSSR count). The molecule has 6 nitrogen and oxygen atoms in total. The van der Waals surface area contributed by atoms with E-state index in [2.05, 4.69) is 27.4 Å². The molecule has 2 atom stereocenters. The molecular weight excluding hydrogens is 388 g/mol. The van der Waals surface area contributed by atoms with Crippen LogP contribution >= 0.6 is 0 Å². The zero-order chi connectivity index (χ0) is 21.6. The lowest BCUT2D eigenvalue weighted by molar-refractivity contribution is -0.129. The molecule has 2 amide bonds. The summed E-state index contributed by atoms with van der Waals surface area (Å²) in [7, 11) is 0. The van der Waals surface area contributed by atoms with Crippen molar-refractivity contribution in [3.05, 3.63) is 78.2 Å². The predicted molar refractivity (Wildman–Crippen MR) is 120 cm³/mol. The lowest BCUT2D eigenvalue weighted by Gasteiger charge is -2.19. The number of imidazole rings is 1. The van der Waals surface area contributed by atoms with Crippen LogP contribution in [0.25, 0.3) is 11.3 Å². The standard InChI is InChI=1S/C25H28N4O2/c1-2-21(24-26-16-22(27-24)19-11-7-4-8-12-19)28-25(31)20-15-23(30)29(17-20)14-13-18-9-5-3-6-10-18/h3-12,16,20-21H,2,13-15,17H2,1H3,(H,26,27)(H,28,31). The Morgan fingerprint density at radius 2 is 1.87 bits per heavy atom. The third kappa shape index (κ3) is 5.02. The fourth-order valence-electron chi connectivity index (χ4n) is 4.00. The number of hydrogen-bond acceptors (Lipinski definition) is 3. The number of carbonyl (C=O) groups is 2. The van der Waals surface area contributed by atoms with Gasteiger partial charge in [0.25, 0.3) is 0 Å². The molecule has 0 aliphatic carbocycles. The van der Waals surface area contributed by atoms with Gasteiger partial charge in [0.05, 0.1) is 23.9 Å². The van der Waals surface area contributed by atoms with Crippen molar-refractivity contribution in [3.8, 4) is 11.3 Å². The van der Waals surface area contributed by atoms with Crippen molar-refractivity contribution in [2.45, 2.75) is 32.2 Å². The molecule has 1 fully saturated rings. The quantitative estimate of drug-likeness (QED) is 0.587. The molecule has 1 aliphatic heterocycles. The number of amides is 2. The second-order valence-corrected chi connectivity index (χ2v) is 7.99. The molecule has 0 bridgehead atoms. The number of aromatic nitrogens is 2. The molecule has 1 aromatic heterocycles. The number of hydrogen-bond donors (Lipinski definition) is 2. The molecule has 2 unspecified atom stereocenters. The Hall–Kier alpha value is -3.41. The first-order chi connectivity index (χ1) is 15.1. The van der Waals surface area contributed by atoms with Crippen molar-refractivity contribution in [1.29, 1.82) is 0 Å². The van der Waals surface area contributed by atoms with Crippen LogP contribution in [0.1, 0.15) is 37.2 Å². The van der Waals surface area contributed by atoms with Crippen LogP contribution in [-0.2, 0) is 16.0 Å². The minimum atomic E-state index is -0.319. The van der Waals surface area contributed by atoms with Crippen LogP contribution < -0.4 is 5.32 Å². The summed E-state index contributed by atoms with van der Waals surface area (Å²) < 4.78 is 0. The van der Waals surface area contributed by atoms with E-state index in [1.54, 1.807) is 11.1 Å². The van der Waals surface area contributed by atoms with Gasteiger partial charge in [-0.15, -0.1) is 0 Å².